The van der Waals surface area contributed by atoms with Crippen molar-refractivity contribution in [2.24, 2.45) is 5.41 Å². The van der Waals surface area contributed by atoms with E-state index in [9.17, 15) is 0 Å². The first-order chi connectivity index (χ1) is 15.7. The van der Waals surface area contributed by atoms with Gasteiger partial charge in [0, 0.05) is 0 Å². The molecule has 0 spiro atoms. The Balaban J connectivity index is 4.87. The van der Waals surface area contributed by atoms with Crippen molar-refractivity contribution in [1.29, 1.82) is 0 Å². The van der Waals surface area contributed by atoms with Crippen LogP contribution in [-0.2, 0) is 37.9 Å². The number of hydrogen-bond donors (Lipinski definition) is 0. The quantitative estimate of drug-likeness (QED) is 0.194. The van der Waals surface area contributed by atoms with Crippen LogP contribution < -0.4 is 0 Å². The molecule has 0 rings (SSSR count). The lowest BCUT2D eigenvalue weighted by atomic mass is 9.92. The van der Waals surface area contributed by atoms with Gasteiger partial charge < -0.3 is 37.9 Å². The van der Waals surface area contributed by atoms with E-state index in [1.807, 2.05) is 55.4 Å². The van der Waals surface area contributed by atoms with Crippen LogP contribution in [0.1, 0.15) is 55.4 Å². The van der Waals surface area contributed by atoms with Crippen molar-refractivity contribution in [2.45, 2.75) is 79.8 Å². The van der Waals surface area contributed by atoms with Gasteiger partial charge in [0.15, 0.2) is 0 Å². The van der Waals surface area contributed by atoms with Gasteiger partial charge in [0.1, 0.15) is 0 Å². The van der Waals surface area contributed by atoms with E-state index in [1.165, 1.54) is 0 Å². The predicted octanol–water partition coefficient (Wildman–Crippen LogP) is 3.74. The number of ether oxygens (including phenoxy) is 8. The van der Waals surface area contributed by atoms with Crippen molar-refractivity contribution in [3.05, 3.63) is 0 Å². The van der Waals surface area contributed by atoms with Gasteiger partial charge in [-0.25, -0.2) is 0 Å². The lowest BCUT2D eigenvalue weighted by Crippen LogP contribution is -2.43. The highest BCUT2D eigenvalue weighted by molar-refractivity contribution is 4.79. The Morgan fingerprint density at radius 3 is 0.758 bits per heavy atom. The van der Waals surface area contributed by atoms with Crippen LogP contribution >= 0.6 is 0 Å². The van der Waals surface area contributed by atoms with Gasteiger partial charge in [0.25, 0.3) is 0 Å². The van der Waals surface area contributed by atoms with Crippen LogP contribution in [0.15, 0.2) is 0 Å². The van der Waals surface area contributed by atoms with Crippen LogP contribution in [-0.4, -0.2) is 104 Å². The Labute approximate surface area is 202 Å². The molecule has 0 N–H and O–H groups in total. The largest absolute Gasteiger partial charge is 0.378 e. The zero-order valence-electron chi connectivity index (χ0n) is 22.6. The Morgan fingerprint density at radius 1 is 0.364 bits per heavy atom. The first kappa shape index (κ1) is 32.7. The first-order valence-corrected chi connectivity index (χ1v) is 12.4. The number of hydrogen-bond acceptors (Lipinski definition) is 8. The SMILES string of the molecule is CC(C)OCCOCC(COCCOC(C)C)(COCCOC(C)C)COCCOC(C)C. The first-order valence-electron chi connectivity index (χ1n) is 12.4. The topological polar surface area (TPSA) is 73.8 Å². The van der Waals surface area contributed by atoms with Gasteiger partial charge in [-0.2, -0.15) is 0 Å². The average Bonchev–Trinajstić information content (AvgIpc) is 2.71. The Morgan fingerprint density at radius 2 is 0.576 bits per heavy atom. The molecule has 0 bridgehead atoms. The molecule has 8 nitrogen and oxygen atoms in total. The van der Waals surface area contributed by atoms with E-state index in [2.05, 4.69) is 0 Å². The summed E-state index contributed by atoms with van der Waals surface area (Å²) in [6, 6.07) is 0. The normalized spacial score (nSPS) is 12.7. The molecular formula is C25H52O8. The van der Waals surface area contributed by atoms with Gasteiger partial charge in [-0.05, 0) is 55.4 Å². The van der Waals surface area contributed by atoms with E-state index in [4.69, 9.17) is 37.9 Å². The third-order valence-corrected chi connectivity index (χ3v) is 4.35. The molecule has 33 heavy (non-hydrogen) atoms. The summed E-state index contributed by atoms with van der Waals surface area (Å²) >= 11 is 0. The second-order valence-corrected chi connectivity index (χ2v) is 9.39. The molecule has 0 unspecified atom stereocenters. The third kappa shape index (κ3) is 21.9. The summed E-state index contributed by atoms with van der Waals surface area (Å²) < 4.78 is 46.3. The molecule has 0 saturated heterocycles. The predicted molar refractivity (Wildman–Crippen MR) is 130 cm³/mol. The van der Waals surface area contributed by atoms with Crippen LogP contribution in [0.4, 0.5) is 0 Å². The second kappa shape index (κ2) is 21.0. The van der Waals surface area contributed by atoms with Crippen molar-refractivity contribution in [2.75, 3.05) is 79.3 Å². The minimum absolute atomic E-state index is 0.177. The van der Waals surface area contributed by atoms with Crippen LogP contribution in [0.5, 0.6) is 0 Å². The molecule has 0 atom stereocenters. The monoisotopic (exact) mass is 480 g/mol. The maximum Gasteiger partial charge on any atom is 0.0703 e. The molecule has 0 amide bonds. The molecule has 8 heteroatoms. The third-order valence-electron chi connectivity index (χ3n) is 4.35. The van der Waals surface area contributed by atoms with Gasteiger partial charge >= 0.3 is 0 Å². The maximum atomic E-state index is 5.98. The highest BCUT2D eigenvalue weighted by Crippen LogP contribution is 2.21. The van der Waals surface area contributed by atoms with Crippen LogP contribution in [0.25, 0.3) is 0 Å². The molecule has 0 fully saturated rings. The highest BCUT2D eigenvalue weighted by atomic mass is 16.6. The van der Waals surface area contributed by atoms with Gasteiger partial charge in [-0.3, -0.25) is 0 Å². The van der Waals surface area contributed by atoms with Crippen molar-refractivity contribution in [3.8, 4) is 0 Å². The maximum absolute atomic E-state index is 5.98. The van der Waals surface area contributed by atoms with Crippen LogP contribution in [0.3, 0.4) is 0 Å². The summed E-state index contributed by atoms with van der Waals surface area (Å²) in [5.41, 5.74) is -0.453. The lowest BCUT2D eigenvalue weighted by Gasteiger charge is -2.33. The van der Waals surface area contributed by atoms with Crippen molar-refractivity contribution in [3.63, 3.8) is 0 Å². The van der Waals surface area contributed by atoms with Crippen molar-refractivity contribution in [1.82, 2.24) is 0 Å². The summed E-state index contributed by atoms with van der Waals surface area (Å²) in [6.45, 7) is 22.0. The van der Waals surface area contributed by atoms with Crippen LogP contribution in [0.2, 0.25) is 0 Å². The van der Waals surface area contributed by atoms with E-state index in [0.717, 1.165) is 0 Å². The summed E-state index contributed by atoms with van der Waals surface area (Å²) in [5.74, 6) is 0. The molecule has 0 aliphatic carbocycles. The molecule has 0 aliphatic heterocycles. The summed E-state index contributed by atoms with van der Waals surface area (Å²) in [5, 5.41) is 0. The molecule has 0 saturated carbocycles. The van der Waals surface area contributed by atoms with E-state index < -0.39 is 5.41 Å². The van der Waals surface area contributed by atoms with Gasteiger partial charge in [-0.15, -0.1) is 0 Å². The summed E-state index contributed by atoms with van der Waals surface area (Å²) in [6.07, 6.45) is 0.708. The van der Waals surface area contributed by atoms with Crippen LogP contribution in [0, 0.1) is 5.41 Å². The zero-order valence-corrected chi connectivity index (χ0v) is 22.6. The van der Waals surface area contributed by atoms with Gasteiger partial charge in [0.05, 0.1) is 109 Å². The van der Waals surface area contributed by atoms with Gasteiger partial charge in [-0.1, -0.05) is 0 Å². The minimum atomic E-state index is -0.453. The van der Waals surface area contributed by atoms with Crippen molar-refractivity contribution >= 4 is 0 Å². The molecule has 0 heterocycles. The Kier molecular flexibility index (Phi) is 20.8. The standard InChI is InChI=1S/C25H52O8/c1-21(2)30-13-9-26-17-25(18-27-10-14-31-22(3)4,19-28-11-15-32-23(5)6)20-29-12-16-33-24(7)8/h21-24H,9-20H2,1-8H3. The molecule has 200 valence electrons. The summed E-state index contributed by atoms with van der Waals surface area (Å²) in [4.78, 5) is 0. The number of rotatable bonds is 24. The zero-order chi connectivity index (χ0) is 25.0. The molecule has 0 aromatic rings. The van der Waals surface area contributed by atoms with E-state index >= 15 is 0 Å². The molecule has 0 aliphatic rings. The smallest absolute Gasteiger partial charge is 0.0703 e. The fourth-order valence-electron chi connectivity index (χ4n) is 2.78. The second-order valence-electron chi connectivity index (χ2n) is 9.39. The Bertz CT molecular complexity index is 338. The van der Waals surface area contributed by atoms with Crippen molar-refractivity contribution < 1.29 is 37.9 Å². The molecule has 0 radical (unpaired) electrons. The average molecular weight is 481 g/mol. The fourth-order valence-corrected chi connectivity index (χ4v) is 2.78. The molecule has 0 aromatic carbocycles. The molecule has 0 aromatic heterocycles. The molecular weight excluding hydrogens is 428 g/mol. The minimum Gasteiger partial charge on any atom is -0.378 e. The summed E-state index contributed by atoms with van der Waals surface area (Å²) in [7, 11) is 0. The van der Waals surface area contributed by atoms with E-state index in [-0.39, 0.29) is 24.4 Å². The van der Waals surface area contributed by atoms with Gasteiger partial charge in [0.2, 0.25) is 0 Å². The fraction of sp³-hybridized carbons (Fsp3) is 1.00. The lowest BCUT2D eigenvalue weighted by molar-refractivity contribution is -0.125. The van der Waals surface area contributed by atoms with E-state index in [0.29, 0.717) is 79.3 Å². The van der Waals surface area contributed by atoms with E-state index in [1.54, 1.807) is 0 Å². The Hall–Kier alpha value is -0.320. The highest BCUT2D eigenvalue weighted by Gasteiger charge is 2.32.